The van der Waals surface area contributed by atoms with Gasteiger partial charge in [0.25, 0.3) is 0 Å². The molecule has 4 N–H and O–H groups in total. The topological polar surface area (TPSA) is 106 Å². The fraction of sp³-hybridized carbons (Fsp3) is 0.923. The highest BCUT2D eigenvalue weighted by molar-refractivity contribution is 14.0. The van der Waals surface area contributed by atoms with E-state index in [0.29, 0.717) is 19.0 Å². The SMILES string of the molecule is CC(C)CN=C(N)NCCS(=O)(=O)NCC1CCCCO1.I. The maximum Gasteiger partial charge on any atom is 0.213 e. The van der Waals surface area contributed by atoms with Crippen LogP contribution in [0.3, 0.4) is 0 Å². The average Bonchev–Trinajstić information content (AvgIpc) is 2.44. The molecule has 1 atom stereocenters. The lowest BCUT2D eigenvalue weighted by atomic mass is 10.1. The summed E-state index contributed by atoms with van der Waals surface area (Å²) in [5.74, 6) is 0.679. The van der Waals surface area contributed by atoms with Crippen LogP contribution in [0.1, 0.15) is 33.1 Å². The number of hydrogen-bond donors (Lipinski definition) is 3. The van der Waals surface area contributed by atoms with Crippen molar-refractivity contribution >= 4 is 40.0 Å². The summed E-state index contributed by atoms with van der Waals surface area (Å²) in [6.07, 6.45) is 3.06. The third-order valence-electron chi connectivity index (χ3n) is 3.11. The van der Waals surface area contributed by atoms with Crippen molar-refractivity contribution in [1.82, 2.24) is 10.0 Å². The Morgan fingerprint density at radius 3 is 2.73 bits per heavy atom. The van der Waals surface area contributed by atoms with Crippen molar-refractivity contribution in [2.24, 2.45) is 16.6 Å². The van der Waals surface area contributed by atoms with Gasteiger partial charge in [0.15, 0.2) is 5.96 Å². The van der Waals surface area contributed by atoms with Gasteiger partial charge < -0.3 is 15.8 Å². The fourth-order valence-electron chi connectivity index (χ4n) is 1.91. The molecule has 1 saturated heterocycles. The molecule has 0 radical (unpaired) electrons. The summed E-state index contributed by atoms with van der Waals surface area (Å²) >= 11 is 0. The third-order valence-corrected chi connectivity index (χ3v) is 4.46. The molecule has 7 nitrogen and oxygen atoms in total. The number of rotatable bonds is 8. The number of sulfonamides is 1. The maximum atomic E-state index is 11.8. The number of nitrogens with one attached hydrogen (secondary N) is 2. The predicted octanol–water partition coefficient (Wildman–Crippen LogP) is 0.653. The van der Waals surface area contributed by atoms with Gasteiger partial charge >= 0.3 is 0 Å². The maximum absolute atomic E-state index is 11.8. The predicted molar refractivity (Wildman–Crippen MR) is 100 cm³/mol. The zero-order chi connectivity index (χ0) is 15.7. The zero-order valence-electron chi connectivity index (χ0n) is 13.4. The quantitative estimate of drug-likeness (QED) is 0.287. The largest absolute Gasteiger partial charge is 0.377 e. The third kappa shape index (κ3) is 10.6. The molecular weight excluding hydrogens is 419 g/mol. The van der Waals surface area contributed by atoms with E-state index in [-0.39, 0.29) is 48.3 Å². The summed E-state index contributed by atoms with van der Waals surface area (Å²) in [5, 5.41) is 2.81. The first-order valence-electron chi connectivity index (χ1n) is 7.52. The number of ether oxygens (including phenoxy) is 1. The summed E-state index contributed by atoms with van der Waals surface area (Å²) in [5.41, 5.74) is 5.65. The minimum absolute atomic E-state index is 0. The van der Waals surface area contributed by atoms with Gasteiger partial charge in [-0.2, -0.15) is 0 Å². The second-order valence-corrected chi connectivity index (χ2v) is 7.63. The van der Waals surface area contributed by atoms with Crippen molar-refractivity contribution in [3.05, 3.63) is 0 Å². The molecule has 0 saturated carbocycles. The monoisotopic (exact) mass is 448 g/mol. The first-order valence-corrected chi connectivity index (χ1v) is 9.17. The molecule has 132 valence electrons. The number of halogens is 1. The first kappa shape index (κ1) is 21.9. The van der Waals surface area contributed by atoms with Crippen LogP contribution in [-0.4, -0.2) is 52.5 Å². The van der Waals surface area contributed by atoms with E-state index in [0.717, 1.165) is 25.9 Å². The van der Waals surface area contributed by atoms with Crippen LogP contribution < -0.4 is 15.8 Å². The Kier molecular flexibility index (Phi) is 11.3. The highest BCUT2D eigenvalue weighted by Gasteiger charge is 2.17. The Morgan fingerprint density at radius 2 is 2.14 bits per heavy atom. The van der Waals surface area contributed by atoms with E-state index in [2.05, 4.69) is 15.0 Å². The molecule has 22 heavy (non-hydrogen) atoms. The molecule has 1 rings (SSSR count). The lowest BCUT2D eigenvalue weighted by Gasteiger charge is -2.22. The van der Waals surface area contributed by atoms with Gasteiger partial charge in [-0.25, -0.2) is 13.1 Å². The second kappa shape index (κ2) is 11.4. The van der Waals surface area contributed by atoms with Crippen molar-refractivity contribution in [3.8, 4) is 0 Å². The van der Waals surface area contributed by atoms with Gasteiger partial charge in [-0.05, 0) is 25.2 Å². The summed E-state index contributed by atoms with van der Waals surface area (Å²) in [7, 11) is -3.31. The smallest absolute Gasteiger partial charge is 0.213 e. The van der Waals surface area contributed by atoms with Crippen molar-refractivity contribution in [1.29, 1.82) is 0 Å². The van der Waals surface area contributed by atoms with E-state index >= 15 is 0 Å². The van der Waals surface area contributed by atoms with E-state index < -0.39 is 10.0 Å². The van der Waals surface area contributed by atoms with Crippen molar-refractivity contribution in [2.75, 3.05) is 32.0 Å². The van der Waals surface area contributed by atoms with Gasteiger partial charge in [0, 0.05) is 26.2 Å². The lowest BCUT2D eigenvalue weighted by molar-refractivity contribution is 0.0200. The molecule has 1 fully saturated rings. The molecule has 1 aliphatic heterocycles. The lowest BCUT2D eigenvalue weighted by Crippen LogP contribution is -2.41. The Bertz CT molecular complexity index is 423. The molecule has 0 aromatic carbocycles. The normalized spacial score (nSPS) is 19.8. The van der Waals surface area contributed by atoms with E-state index in [9.17, 15) is 8.42 Å². The molecular formula is C13H29IN4O3S. The molecule has 1 aliphatic rings. The van der Waals surface area contributed by atoms with Crippen LogP contribution in [0, 0.1) is 5.92 Å². The Hall–Kier alpha value is -0.130. The Morgan fingerprint density at radius 1 is 1.41 bits per heavy atom. The molecule has 0 aliphatic carbocycles. The van der Waals surface area contributed by atoms with Gasteiger partial charge in [0.1, 0.15) is 0 Å². The van der Waals surface area contributed by atoms with Crippen LogP contribution in [0.25, 0.3) is 0 Å². The van der Waals surface area contributed by atoms with Crippen LogP contribution in [0.5, 0.6) is 0 Å². The van der Waals surface area contributed by atoms with E-state index in [4.69, 9.17) is 10.5 Å². The number of guanidine groups is 1. The summed E-state index contributed by atoms with van der Waals surface area (Å²) in [6, 6.07) is 0. The molecule has 0 spiro atoms. The molecule has 1 unspecified atom stereocenters. The zero-order valence-corrected chi connectivity index (χ0v) is 16.5. The molecule has 0 aromatic heterocycles. The van der Waals surface area contributed by atoms with Crippen LogP contribution in [0.15, 0.2) is 4.99 Å². The van der Waals surface area contributed by atoms with Gasteiger partial charge in [-0.15, -0.1) is 24.0 Å². The molecule has 0 bridgehead atoms. The summed E-state index contributed by atoms with van der Waals surface area (Å²) < 4.78 is 31.7. The number of nitrogens with zero attached hydrogens (tertiary/aromatic N) is 1. The number of aliphatic imine (C=N–C) groups is 1. The first-order chi connectivity index (χ1) is 9.89. The van der Waals surface area contributed by atoms with E-state index in [1.807, 2.05) is 13.8 Å². The molecule has 1 heterocycles. The van der Waals surface area contributed by atoms with Gasteiger partial charge in [-0.3, -0.25) is 4.99 Å². The fourth-order valence-corrected chi connectivity index (χ4v) is 2.87. The molecule has 0 aromatic rings. The van der Waals surface area contributed by atoms with Crippen LogP contribution >= 0.6 is 24.0 Å². The average molecular weight is 448 g/mol. The van der Waals surface area contributed by atoms with E-state index in [1.165, 1.54) is 0 Å². The van der Waals surface area contributed by atoms with Gasteiger partial charge in [-0.1, -0.05) is 13.8 Å². The molecule has 0 amide bonds. The summed E-state index contributed by atoms with van der Waals surface area (Å²) in [4.78, 5) is 4.11. The second-order valence-electron chi connectivity index (χ2n) is 5.70. The highest BCUT2D eigenvalue weighted by atomic mass is 127. The van der Waals surface area contributed by atoms with Gasteiger partial charge in [0.2, 0.25) is 10.0 Å². The molecule has 9 heteroatoms. The van der Waals surface area contributed by atoms with Crippen molar-refractivity contribution in [2.45, 2.75) is 39.2 Å². The van der Waals surface area contributed by atoms with Crippen LogP contribution in [0.2, 0.25) is 0 Å². The Balaban J connectivity index is 0.00000441. The minimum atomic E-state index is -3.31. The Labute approximate surface area is 150 Å². The summed E-state index contributed by atoms with van der Waals surface area (Å²) in [6.45, 7) is 6.02. The minimum Gasteiger partial charge on any atom is -0.377 e. The number of hydrogen-bond acceptors (Lipinski definition) is 4. The van der Waals surface area contributed by atoms with Gasteiger partial charge in [0.05, 0.1) is 11.9 Å². The standard InChI is InChI=1S/C13H28N4O3S.HI/c1-11(2)9-16-13(14)15-6-8-21(18,19)17-10-12-5-3-4-7-20-12;/h11-12,17H,3-10H2,1-2H3,(H3,14,15,16);1H. The van der Waals surface area contributed by atoms with Crippen LogP contribution in [0.4, 0.5) is 0 Å². The van der Waals surface area contributed by atoms with E-state index in [1.54, 1.807) is 0 Å². The van der Waals surface area contributed by atoms with Crippen molar-refractivity contribution < 1.29 is 13.2 Å². The highest BCUT2D eigenvalue weighted by Crippen LogP contribution is 2.11. The van der Waals surface area contributed by atoms with Crippen LogP contribution in [-0.2, 0) is 14.8 Å². The number of nitrogens with two attached hydrogens (primary N) is 1. The van der Waals surface area contributed by atoms with Crippen molar-refractivity contribution in [3.63, 3.8) is 0 Å².